The summed E-state index contributed by atoms with van der Waals surface area (Å²) in [5.41, 5.74) is 3.05. The second-order valence-electron chi connectivity index (χ2n) is 3.94. The van der Waals surface area contributed by atoms with Crippen LogP contribution in [-0.2, 0) is 0 Å². The van der Waals surface area contributed by atoms with E-state index in [-0.39, 0.29) is 0 Å². The molecule has 0 radical (unpaired) electrons. The molecule has 0 amide bonds. The van der Waals surface area contributed by atoms with E-state index < -0.39 is 5.97 Å². The van der Waals surface area contributed by atoms with Gasteiger partial charge in [-0.25, -0.2) is 4.79 Å². The lowest BCUT2D eigenvalue weighted by Crippen LogP contribution is -2.00. The van der Waals surface area contributed by atoms with Crippen molar-refractivity contribution in [1.82, 2.24) is 4.98 Å². The van der Waals surface area contributed by atoms with Gasteiger partial charge in [0.1, 0.15) is 0 Å². The van der Waals surface area contributed by atoms with E-state index in [1.807, 2.05) is 37.3 Å². The van der Waals surface area contributed by atoms with E-state index in [2.05, 4.69) is 4.98 Å². The first-order valence-corrected chi connectivity index (χ1v) is 5.59. The maximum absolute atomic E-state index is 11.0. The molecule has 0 unspecified atom stereocenters. The SMILES string of the molecule is Cc1c(/C=C/c2ccncc2)cccc1C(=O)O. The quantitative estimate of drug-likeness (QED) is 0.894. The molecule has 2 rings (SSSR count). The molecule has 0 aliphatic rings. The number of rotatable bonds is 3. The van der Waals surface area contributed by atoms with Gasteiger partial charge < -0.3 is 5.11 Å². The highest BCUT2D eigenvalue weighted by molar-refractivity contribution is 5.91. The Bertz CT molecular complexity index is 589. The summed E-state index contributed by atoms with van der Waals surface area (Å²) in [4.78, 5) is 15.0. The van der Waals surface area contributed by atoms with Crippen LogP contribution in [0.3, 0.4) is 0 Å². The van der Waals surface area contributed by atoms with Gasteiger partial charge in [-0.15, -0.1) is 0 Å². The van der Waals surface area contributed by atoms with Crippen LogP contribution in [0, 0.1) is 6.92 Å². The van der Waals surface area contributed by atoms with Gasteiger partial charge >= 0.3 is 5.97 Å². The first-order chi connectivity index (χ1) is 8.68. The first-order valence-electron chi connectivity index (χ1n) is 5.59. The second-order valence-corrected chi connectivity index (χ2v) is 3.94. The van der Waals surface area contributed by atoms with Crippen molar-refractivity contribution in [3.05, 3.63) is 65.0 Å². The van der Waals surface area contributed by atoms with Crippen molar-refractivity contribution in [2.24, 2.45) is 0 Å². The zero-order valence-corrected chi connectivity index (χ0v) is 10.00. The summed E-state index contributed by atoms with van der Waals surface area (Å²) >= 11 is 0. The van der Waals surface area contributed by atoms with Crippen molar-refractivity contribution < 1.29 is 9.90 Å². The topological polar surface area (TPSA) is 50.2 Å². The van der Waals surface area contributed by atoms with Gasteiger partial charge in [0.2, 0.25) is 0 Å². The molecule has 0 saturated carbocycles. The molecule has 0 spiro atoms. The molecule has 90 valence electrons. The predicted molar refractivity (Wildman–Crippen MR) is 71.3 cm³/mol. The van der Waals surface area contributed by atoms with Crippen LogP contribution in [-0.4, -0.2) is 16.1 Å². The molecule has 18 heavy (non-hydrogen) atoms. The van der Waals surface area contributed by atoms with Crippen LogP contribution in [0.1, 0.15) is 27.0 Å². The summed E-state index contributed by atoms with van der Waals surface area (Å²) in [7, 11) is 0. The normalized spacial score (nSPS) is 10.7. The Morgan fingerprint density at radius 1 is 1.17 bits per heavy atom. The molecule has 0 atom stereocenters. The average molecular weight is 239 g/mol. The summed E-state index contributed by atoms with van der Waals surface area (Å²) in [6.07, 6.45) is 7.30. The van der Waals surface area contributed by atoms with Crippen molar-refractivity contribution in [2.75, 3.05) is 0 Å². The fourth-order valence-electron chi connectivity index (χ4n) is 1.73. The van der Waals surface area contributed by atoms with E-state index in [0.717, 1.165) is 16.7 Å². The van der Waals surface area contributed by atoms with Gasteiger partial charge in [-0.3, -0.25) is 4.98 Å². The molecule has 3 nitrogen and oxygen atoms in total. The molecule has 3 heteroatoms. The Labute approximate surface area is 105 Å². The number of carboxylic acids is 1. The minimum Gasteiger partial charge on any atom is -0.478 e. The first kappa shape index (κ1) is 12.0. The number of hydrogen-bond acceptors (Lipinski definition) is 2. The average Bonchev–Trinajstić information content (AvgIpc) is 2.38. The van der Waals surface area contributed by atoms with Crippen molar-refractivity contribution in [2.45, 2.75) is 6.92 Å². The Morgan fingerprint density at radius 3 is 2.56 bits per heavy atom. The third kappa shape index (κ3) is 2.63. The number of hydrogen-bond donors (Lipinski definition) is 1. The minimum absolute atomic E-state index is 0.340. The van der Waals surface area contributed by atoms with Gasteiger partial charge in [-0.05, 0) is 41.8 Å². The highest BCUT2D eigenvalue weighted by Crippen LogP contribution is 2.16. The molecule has 0 saturated heterocycles. The van der Waals surface area contributed by atoms with E-state index in [9.17, 15) is 4.79 Å². The van der Waals surface area contributed by atoms with Crippen molar-refractivity contribution in [3.8, 4) is 0 Å². The zero-order chi connectivity index (χ0) is 13.0. The number of aromatic nitrogens is 1. The van der Waals surface area contributed by atoms with Crippen LogP contribution in [0.4, 0.5) is 0 Å². The lowest BCUT2D eigenvalue weighted by Gasteiger charge is -2.04. The van der Waals surface area contributed by atoms with Gasteiger partial charge in [0.25, 0.3) is 0 Å². The molecule has 1 N–H and O–H groups in total. The van der Waals surface area contributed by atoms with E-state index >= 15 is 0 Å². The monoisotopic (exact) mass is 239 g/mol. The van der Waals surface area contributed by atoms with Crippen LogP contribution in [0.5, 0.6) is 0 Å². The maximum atomic E-state index is 11.0. The van der Waals surface area contributed by atoms with E-state index in [1.54, 1.807) is 24.5 Å². The van der Waals surface area contributed by atoms with E-state index in [4.69, 9.17) is 5.11 Å². The molecule has 1 heterocycles. The largest absolute Gasteiger partial charge is 0.478 e. The Morgan fingerprint density at radius 2 is 1.89 bits per heavy atom. The van der Waals surface area contributed by atoms with Gasteiger partial charge in [0.05, 0.1) is 5.56 Å². The fraction of sp³-hybridized carbons (Fsp3) is 0.0667. The summed E-state index contributed by atoms with van der Waals surface area (Å²) in [6.45, 7) is 1.82. The van der Waals surface area contributed by atoms with Gasteiger partial charge in [0.15, 0.2) is 0 Å². The second kappa shape index (κ2) is 5.27. The lowest BCUT2D eigenvalue weighted by molar-refractivity contribution is 0.0696. The molecule has 1 aromatic carbocycles. The van der Waals surface area contributed by atoms with Crippen LogP contribution >= 0.6 is 0 Å². The summed E-state index contributed by atoms with van der Waals surface area (Å²) in [5.74, 6) is -0.897. The molecule has 1 aromatic heterocycles. The number of aromatic carboxylic acids is 1. The summed E-state index contributed by atoms with van der Waals surface area (Å²) in [6, 6.07) is 9.06. The molecule has 0 bridgehead atoms. The third-order valence-corrected chi connectivity index (χ3v) is 2.77. The molecule has 0 fully saturated rings. The number of carbonyl (C=O) groups is 1. The predicted octanol–water partition coefficient (Wildman–Crippen LogP) is 3.26. The van der Waals surface area contributed by atoms with Crippen molar-refractivity contribution in [3.63, 3.8) is 0 Å². The standard InChI is InChI=1S/C15H13NO2/c1-11-13(3-2-4-14(11)15(17)18)6-5-12-7-9-16-10-8-12/h2-10H,1H3,(H,17,18)/b6-5+. The Balaban J connectivity index is 2.33. The summed E-state index contributed by atoms with van der Waals surface area (Å²) < 4.78 is 0. The number of pyridine rings is 1. The highest BCUT2D eigenvalue weighted by Gasteiger charge is 2.07. The maximum Gasteiger partial charge on any atom is 0.335 e. The molecule has 2 aromatic rings. The molecular weight excluding hydrogens is 226 g/mol. The van der Waals surface area contributed by atoms with Crippen molar-refractivity contribution in [1.29, 1.82) is 0 Å². The Kier molecular flexibility index (Phi) is 3.53. The smallest absolute Gasteiger partial charge is 0.335 e. The molecule has 0 aliphatic carbocycles. The third-order valence-electron chi connectivity index (χ3n) is 2.77. The number of nitrogens with zero attached hydrogens (tertiary/aromatic N) is 1. The molecule has 0 aliphatic heterocycles. The van der Waals surface area contributed by atoms with E-state index in [0.29, 0.717) is 5.56 Å². The van der Waals surface area contributed by atoms with Crippen LogP contribution in [0.15, 0.2) is 42.7 Å². The highest BCUT2D eigenvalue weighted by atomic mass is 16.4. The van der Waals surface area contributed by atoms with E-state index in [1.165, 1.54) is 0 Å². The number of benzene rings is 1. The Hall–Kier alpha value is -2.42. The zero-order valence-electron chi connectivity index (χ0n) is 10.00. The van der Waals surface area contributed by atoms with Crippen LogP contribution in [0.25, 0.3) is 12.2 Å². The lowest BCUT2D eigenvalue weighted by atomic mass is 10.0. The number of carboxylic acid groups (broad SMARTS) is 1. The van der Waals surface area contributed by atoms with Crippen molar-refractivity contribution >= 4 is 18.1 Å². The van der Waals surface area contributed by atoms with Gasteiger partial charge in [-0.2, -0.15) is 0 Å². The van der Waals surface area contributed by atoms with Gasteiger partial charge in [0, 0.05) is 12.4 Å². The fourth-order valence-corrected chi connectivity index (χ4v) is 1.73. The van der Waals surface area contributed by atoms with Gasteiger partial charge in [-0.1, -0.05) is 24.3 Å². The van der Waals surface area contributed by atoms with Crippen LogP contribution < -0.4 is 0 Å². The summed E-state index contributed by atoms with van der Waals surface area (Å²) in [5, 5.41) is 9.04. The van der Waals surface area contributed by atoms with Crippen LogP contribution in [0.2, 0.25) is 0 Å². The molecular formula is C15H13NO2. The minimum atomic E-state index is -0.897.